The minimum Gasteiger partial charge on any atom is -0.384 e. The quantitative estimate of drug-likeness (QED) is 0.741. The molecule has 2 N–H and O–H groups in total. The third-order valence-electron chi connectivity index (χ3n) is 3.56. The van der Waals surface area contributed by atoms with Crippen LogP contribution >= 0.6 is 11.6 Å². The number of rotatable bonds is 1. The van der Waals surface area contributed by atoms with E-state index in [9.17, 15) is 0 Å². The molecule has 2 aliphatic heterocycles. The van der Waals surface area contributed by atoms with Gasteiger partial charge in [0.15, 0.2) is 0 Å². The van der Waals surface area contributed by atoms with Crippen LogP contribution in [0.1, 0.15) is 26.3 Å². The second-order valence-corrected chi connectivity index (χ2v) is 6.57. The van der Waals surface area contributed by atoms with Crippen LogP contribution < -0.4 is 5.73 Å². The molecule has 0 aliphatic carbocycles. The molecule has 3 rings (SSSR count). The first-order valence-electron chi connectivity index (χ1n) is 6.76. The van der Waals surface area contributed by atoms with Crippen molar-refractivity contribution in [3.63, 3.8) is 0 Å². The summed E-state index contributed by atoms with van der Waals surface area (Å²) in [6.07, 6.45) is 3.75. The molecule has 0 unspecified atom stereocenters. The Morgan fingerprint density at radius 2 is 1.81 bits per heavy atom. The van der Waals surface area contributed by atoms with Gasteiger partial charge in [0.1, 0.15) is 11.5 Å². The van der Waals surface area contributed by atoms with Crippen molar-refractivity contribution in [1.29, 1.82) is 0 Å². The van der Waals surface area contributed by atoms with Crippen LogP contribution in [-0.2, 0) is 5.41 Å². The first-order chi connectivity index (χ1) is 9.88. The summed E-state index contributed by atoms with van der Waals surface area (Å²) >= 11 is 5.96. The van der Waals surface area contributed by atoms with Crippen molar-refractivity contribution in [2.24, 2.45) is 0 Å². The molecule has 0 saturated heterocycles. The van der Waals surface area contributed by atoms with E-state index in [0.717, 1.165) is 22.5 Å². The topological polar surface area (TPSA) is 56.7 Å². The maximum Gasteiger partial charge on any atom is 0.119 e. The highest BCUT2D eigenvalue weighted by Crippen LogP contribution is 2.37. The van der Waals surface area contributed by atoms with Crippen molar-refractivity contribution in [2.45, 2.75) is 26.2 Å². The molecule has 1 aromatic carbocycles. The molecule has 0 radical (unpaired) electrons. The number of hydrogen-bond donors (Lipinski definition) is 1. The lowest BCUT2D eigenvalue weighted by Gasteiger charge is -2.25. The zero-order chi connectivity index (χ0) is 15.2. The van der Waals surface area contributed by atoms with Gasteiger partial charge in [-0.1, -0.05) is 32.4 Å². The highest BCUT2D eigenvalue weighted by Gasteiger charge is 2.25. The summed E-state index contributed by atoms with van der Waals surface area (Å²) in [5.74, 6) is 0.630. The minimum absolute atomic E-state index is 0.0524. The smallest absolute Gasteiger partial charge is 0.119 e. The normalized spacial score (nSPS) is 12.0. The van der Waals surface area contributed by atoms with Crippen LogP contribution in [0.15, 0.2) is 36.7 Å². The summed E-state index contributed by atoms with van der Waals surface area (Å²) in [7, 11) is 0. The van der Waals surface area contributed by atoms with E-state index in [4.69, 9.17) is 17.3 Å². The van der Waals surface area contributed by atoms with Crippen LogP contribution in [0.4, 0.5) is 5.82 Å². The Bertz CT molecular complexity index is 753. The zero-order valence-electron chi connectivity index (χ0n) is 12.3. The van der Waals surface area contributed by atoms with Gasteiger partial charge in [-0.3, -0.25) is 0 Å². The van der Waals surface area contributed by atoms with Gasteiger partial charge in [-0.25, -0.2) is 0 Å². The average Bonchev–Trinajstić information content (AvgIpc) is 2.89. The molecule has 4 nitrogen and oxygen atoms in total. The van der Waals surface area contributed by atoms with E-state index in [1.165, 1.54) is 0 Å². The van der Waals surface area contributed by atoms with Crippen molar-refractivity contribution in [2.75, 3.05) is 5.73 Å². The van der Waals surface area contributed by atoms with E-state index in [1.54, 1.807) is 6.20 Å². The highest BCUT2D eigenvalue weighted by atomic mass is 35.5. The first-order valence-corrected chi connectivity index (χ1v) is 7.14. The van der Waals surface area contributed by atoms with Crippen LogP contribution in [0, 0.1) is 0 Å². The lowest BCUT2D eigenvalue weighted by Crippen LogP contribution is -2.17. The van der Waals surface area contributed by atoms with E-state index >= 15 is 0 Å². The SMILES string of the molecule is CC(C)(C)c1cn(-c2ccc(Cl)cc2)c(N)c2cnnc1-2. The Hall–Kier alpha value is -2.07. The molecular formula is C16H17ClN4. The Labute approximate surface area is 128 Å². The molecule has 0 amide bonds. The molecule has 5 heteroatoms. The fourth-order valence-electron chi connectivity index (χ4n) is 2.40. The number of anilines is 1. The number of pyridine rings is 1. The van der Waals surface area contributed by atoms with Gasteiger partial charge in [-0.15, -0.1) is 5.10 Å². The Morgan fingerprint density at radius 1 is 1.14 bits per heavy atom. The van der Waals surface area contributed by atoms with Gasteiger partial charge < -0.3 is 10.3 Å². The van der Waals surface area contributed by atoms with E-state index < -0.39 is 0 Å². The number of halogens is 1. The zero-order valence-corrected chi connectivity index (χ0v) is 13.0. The Kier molecular flexibility index (Phi) is 3.14. The summed E-state index contributed by atoms with van der Waals surface area (Å²) in [6, 6.07) is 7.60. The predicted octanol–water partition coefficient (Wildman–Crippen LogP) is 3.91. The van der Waals surface area contributed by atoms with Crippen molar-refractivity contribution in [3.8, 4) is 16.9 Å². The van der Waals surface area contributed by atoms with Crippen LogP contribution in [0.5, 0.6) is 0 Å². The number of benzene rings is 1. The summed E-state index contributed by atoms with van der Waals surface area (Å²) in [5, 5.41) is 8.95. The fraction of sp³-hybridized carbons (Fsp3) is 0.250. The summed E-state index contributed by atoms with van der Waals surface area (Å²) in [6.45, 7) is 6.45. The van der Waals surface area contributed by atoms with Crippen LogP contribution in [0.25, 0.3) is 16.9 Å². The van der Waals surface area contributed by atoms with Gasteiger partial charge in [0.05, 0.1) is 11.8 Å². The molecule has 108 valence electrons. The molecule has 0 fully saturated rings. The molecule has 2 heterocycles. The van der Waals surface area contributed by atoms with E-state index in [-0.39, 0.29) is 5.41 Å². The molecular weight excluding hydrogens is 284 g/mol. The van der Waals surface area contributed by atoms with Gasteiger partial charge in [-0.2, -0.15) is 5.10 Å². The number of fused-ring (bicyclic) bond motifs is 1. The lowest BCUT2D eigenvalue weighted by atomic mass is 9.85. The van der Waals surface area contributed by atoms with E-state index in [1.807, 2.05) is 35.0 Å². The third kappa shape index (κ3) is 2.36. The number of nitrogens with zero attached hydrogens (tertiary/aromatic N) is 3. The van der Waals surface area contributed by atoms with E-state index in [2.05, 4.69) is 31.0 Å². The maximum atomic E-state index is 6.30. The van der Waals surface area contributed by atoms with Gasteiger partial charge in [0, 0.05) is 22.5 Å². The summed E-state index contributed by atoms with van der Waals surface area (Å²) in [4.78, 5) is 0. The molecule has 0 saturated carbocycles. The molecule has 21 heavy (non-hydrogen) atoms. The second-order valence-electron chi connectivity index (χ2n) is 6.13. The molecule has 0 atom stereocenters. The minimum atomic E-state index is -0.0524. The van der Waals surface area contributed by atoms with Crippen molar-refractivity contribution >= 4 is 17.4 Å². The van der Waals surface area contributed by atoms with Crippen LogP contribution in [0.3, 0.4) is 0 Å². The van der Waals surface area contributed by atoms with Crippen molar-refractivity contribution in [3.05, 3.63) is 47.2 Å². The maximum absolute atomic E-state index is 6.30. The van der Waals surface area contributed by atoms with Crippen molar-refractivity contribution < 1.29 is 0 Å². The Morgan fingerprint density at radius 3 is 2.43 bits per heavy atom. The van der Waals surface area contributed by atoms with Crippen molar-refractivity contribution in [1.82, 2.24) is 14.8 Å². The third-order valence-corrected chi connectivity index (χ3v) is 3.81. The van der Waals surface area contributed by atoms with E-state index in [0.29, 0.717) is 10.8 Å². The fourth-order valence-corrected chi connectivity index (χ4v) is 2.53. The standard InChI is InChI=1S/C16H17ClN4/c1-16(2,3)13-9-21(11-6-4-10(17)5-7-11)15(18)12-8-19-20-14(12)13/h4-9H,18H2,1-3H3. The summed E-state index contributed by atoms with van der Waals surface area (Å²) < 4.78 is 1.96. The number of aromatic nitrogens is 3. The average molecular weight is 301 g/mol. The van der Waals surface area contributed by atoms with Gasteiger partial charge in [0.2, 0.25) is 0 Å². The Balaban J connectivity index is 2.30. The predicted molar refractivity (Wildman–Crippen MR) is 86.1 cm³/mol. The van der Waals surface area contributed by atoms with Gasteiger partial charge in [0.25, 0.3) is 0 Å². The second kappa shape index (κ2) is 4.74. The molecule has 0 spiro atoms. The largest absolute Gasteiger partial charge is 0.384 e. The number of hydrogen-bond acceptors (Lipinski definition) is 3. The molecule has 1 aromatic rings. The lowest BCUT2D eigenvalue weighted by molar-refractivity contribution is 0.584. The van der Waals surface area contributed by atoms with Crippen LogP contribution in [-0.4, -0.2) is 14.8 Å². The number of nitrogen functional groups attached to an aromatic ring is 1. The van der Waals surface area contributed by atoms with Crippen LogP contribution in [0.2, 0.25) is 5.02 Å². The summed E-state index contributed by atoms with van der Waals surface area (Å²) in [5.41, 5.74) is 10.1. The first kappa shape index (κ1) is 13.9. The number of nitrogens with two attached hydrogens (primary N) is 1. The highest BCUT2D eigenvalue weighted by molar-refractivity contribution is 6.30. The molecule has 0 aromatic heterocycles. The monoisotopic (exact) mass is 300 g/mol. The molecule has 0 bridgehead atoms. The van der Waals surface area contributed by atoms with Gasteiger partial charge >= 0.3 is 0 Å². The molecule has 2 aliphatic rings. The van der Waals surface area contributed by atoms with Gasteiger partial charge in [-0.05, 0) is 29.7 Å².